The Kier molecular flexibility index (Phi) is 4.98. The predicted octanol–water partition coefficient (Wildman–Crippen LogP) is 4.52. The highest BCUT2D eigenvalue weighted by molar-refractivity contribution is 7.19. The standard InChI is InChI=1S/C22H19F2NO2S/c1-12-6-18(23)21(19(24)7-12)17-11-25-22(27)16(17)10-14(26)9-15-8-13-4-2-3-5-20(13)28-15/h2-8,16-17H,9-11H2,1H3,(H,25,27)/t16-,17+/m0/s1. The predicted molar refractivity (Wildman–Crippen MR) is 105 cm³/mol. The highest BCUT2D eigenvalue weighted by Crippen LogP contribution is 2.35. The molecule has 1 aliphatic rings. The summed E-state index contributed by atoms with van der Waals surface area (Å²) in [6, 6.07) is 12.4. The van der Waals surface area contributed by atoms with Crippen LogP contribution in [0.1, 0.15) is 28.3 Å². The molecule has 6 heteroatoms. The second-order valence-corrected chi connectivity index (χ2v) is 8.44. The number of carbonyl (C=O) groups excluding carboxylic acids is 2. The third kappa shape index (κ3) is 3.56. The Bertz CT molecular complexity index is 1020. The number of fused-ring (bicyclic) bond motifs is 1. The number of amides is 1. The van der Waals surface area contributed by atoms with E-state index in [0.29, 0.717) is 5.56 Å². The smallest absolute Gasteiger partial charge is 0.224 e. The number of ketones is 1. The molecule has 1 N–H and O–H groups in total. The van der Waals surface area contributed by atoms with Crippen LogP contribution in [0.5, 0.6) is 0 Å². The Morgan fingerprint density at radius 2 is 1.89 bits per heavy atom. The SMILES string of the molecule is Cc1cc(F)c([C@@H]2CNC(=O)[C@H]2CC(=O)Cc2cc3ccccc3s2)c(F)c1. The molecule has 3 aromatic rings. The van der Waals surface area contributed by atoms with Crippen molar-refractivity contribution in [3.8, 4) is 0 Å². The Morgan fingerprint density at radius 1 is 1.18 bits per heavy atom. The molecule has 1 amide bonds. The molecule has 4 rings (SSSR count). The average molecular weight is 399 g/mol. The first-order valence-electron chi connectivity index (χ1n) is 9.15. The molecule has 144 valence electrons. The van der Waals surface area contributed by atoms with Crippen LogP contribution in [0.3, 0.4) is 0 Å². The summed E-state index contributed by atoms with van der Waals surface area (Å²) < 4.78 is 29.9. The first kappa shape index (κ1) is 18.7. The number of nitrogens with one attached hydrogen (secondary N) is 1. The third-order valence-electron chi connectivity index (χ3n) is 5.21. The normalized spacial score (nSPS) is 19.2. The second-order valence-electron chi connectivity index (χ2n) is 7.27. The van der Waals surface area contributed by atoms with Gasteiger partial charge in [0.05, 0.1) is 5.92 Å². The van der Waals surface area contributed by atoms with Crippen LogP contribution in [-0.4, -0.2) is 18.2 Å². The van der Waals surface area contributed by atoms with Crippen molar-refractivity contribution in [2.75, 3.05) is 6.54 Å². The number of aryl methyl sites for hydroxylation is 1. The molecule has 0 radical (unpaired) electrons. The third-order valence-corrected chi connectivity index (χ3v) is 6.32. The summed E-state index contributed by atoms with van der Waals surface area (Å²) >= 11 is 1.55. The lowest BCUT2D eigenvalue weighted by atomic mass is 9.84. The zero-order chi connectivity index (χ0) is 19.8. The number of rotatable bonds is 5. The minimum absolute atomic E-state index is 0.0303. The minimum atomic E-state index is -0.756. The maximum atomic E-state index is 14.4. The van der Waals surface area contributed by atoms with Crippen molar-refractivity contribution in [2.24, 2.45) is 5.92 Å². The minimum Gasteiger partial charge on any atom is -0.355 e. The molecule has 0 bridgehead atoms. The number of Topliss-reactive ketones (excluding diaryl/α,β-unsaturated/α-hetero) is 1. The number of benzene rings is 2. The van der Waals surface area contributed by atoms with Crippen molar-refractivity contribution < 1.29 is 18.4 Å². The van der Waals surface area contributed by atoms with Gasteiger partial charge in [0, 0.05) is 40.4 Å². The Balaban J connectivity index is 1.53. The molecule has 1 saturated heterocycles. The lowest BCUT2D eigenvalue weighted by Gasteiger charge is -2.18. The average Bonchev–Trinajstić information content (AvgIpc) is 3.18. The number of thiophene rings is 1. The highest BCUT2D eigenvalue weighted by Gasteiger charge is 2.39. The summed E-state index contributed by atoms with van der Waals surface area (Å²) in [4.78, 5) is 25.8. The maximum absolute atomic E-state index is 14.4. The molecular weight excluding hydrogens is 380 g/mol. The van der Waals surface area contributed by atoms with E-state index in [2.05, 4.69) is 5.32 Å². The fourth-order valence-corrected chi connectivity index (χ4v) is 5.00. The summed E-state index contributed by atoms with van der Waals surface area (Å²) in [5, 5.41) is 3.74. The molecule has 2 heterocycles. The first-order chi connectivity index (χ1) is 13.4. The van der Waals surface area contributed by atoms with E-state index in [4.69, 9.17) is 0 Å². The highest BCUT2D eigenvalue weighted by atomic mass is 32.1. The van der Waals surface area contributed by atoms with Crippen LogP contribution in [0.25, 0.3) is 10.1 Å². The van der Waals surface area contributed by atoms with Crippen LogP contribution in [0.15, 0.2) is 42.5 Å². The largest absolute Gasteiger partial charge is 0.355 e. The van der Waals surface area contributed by atoms with E-state index < -0.39 is 23.5 Å². The van der Waals surface area contributed by atoms with Crippen LogP contribution < -0.4 is 5.32 Å². The monoisotopic (exact) mass is 399 g/mol. The van der Waals surface area contributed by atoms with Crippen molar-refractivity contribution in [3.05, 3.63) is 70.1 Å². The molecule has 0 spiro atoms. The number of hydrogen-bond donors (Lipinski definition) is 1. The van der Waals surface area contributed by atoms with Crippen LogP contribution in [0.2, 0.25) is 0 Å². The number of halogens is 2. The van der Waals surface area contributed by atoms with Crippen molar-refractivity contribution in [3.63, 3.8) is 0 Å². The lowest BCUT2D eigenvalue weighted by molar-refractivity contribution is -0.127. The molecule has 1 fully saturated rings. The molecular formula is C22H19F2NO2S. The Hall–Kier alpha value is -2.60. The van der Waals surface area contributed by atoms with Crippen LogP contribution in [-0.2, 0) is 16.0 Å². The molecule has 0 aliphatic carbocycles. The van der Waals surface area contributed by atoms with Gasteiger partial charge in [-0.25, -0.2) is 8.78 Å². The molecule has 3 nitrogen and oxygen atoms in total. The molecule has 1 aromatic heterocycles. The van der Waals surface area contributed by atoms with Gasteiger partial charge in [-0.05, 0) is 42.1 Å². The van der Waals surface area contributed by atoms with Gasteiger partial charge in [-0.15, -0.1) is 11.3 Å². The summed E-state index contributed by atoms with van der Waals surface area (Å²) in [5.41, 5.74) is 0.372. The van der Waals surface area contributed by atoms with Gasteiger partial charge in [0.15, 0.2) is 0 Å². The van der Waals surface area contributed by atoms with Crippen molar-refractivity contribution in [2.45, 2.75) is 25.7 Å². The van der Waals surface area contributed by atoms with Gasteiger partial charge in [0.2, 0.25) is 5.91 Å². The fourth-order valence-electron chi connectivity index (χ4n) is 3.91. The zero-order valence-electron chi connectivity index (χ0n) is 15.3. The maximum Gasteiger partial charge on any atom is 0.224 e. The zero-order valence-corrected chi connectivity index (χ0v) is 16.1. The van der Waals surface area contributed by atoms with E-state index in [1.807, 2.05) is 30.3 Å². The van der Waals surface area contributed by atoms with E-state index in [1.54, 1.807) is 18.3 Å². The van der Waals surface area contributed by atoms with Gasteiger partial charge < -0.3 is 5.32 Å². The molecule has 1 aliphatic heterocycles. The number of hydrogen-bond acceptors (Lipinski definition) is 3. The summed E-state index contributed by atoms with van der Waals surface area (Å²) in [7, 11) is 0. The van der Waals surface area contributed by atoms with Gasteiger partial charge in [0.25, 0.3) is 0 Å². The van der Waals surface area contributed by atoms with E-state index in [-0.39, 0.29) is 36.6 Å². The number of carbonyl (C=O) groups is 2. The topological polar surface area (TPSA) is 46.2 Å². The van der Waals surface area contributed by atoms with E-state index >= 15 is 0 Å². The Labute approximate surface area is 165 Å². The van der Waals surface area contributed by atoms with Gasteiger partial charge in [-0.1, -0.05) is 18.2 Å². The second kappa shape index (κ2) is 7.43. The molecule has 0 unspecified atom stereocenters. The first-order valence-corrected chi connectivity index (χ1v) is 9.96. The summed E-state index contributed by atoms with van der Waals surface area (Å²) in [5.74, 6) is -3.20. The van der Waals surface area contributed by atoms with E-state index in [0.717, 1.165) is 15.0 Å². The van der Waals surface area contributed by atoms with Gasteiger partial charge >= 0.3 is 0 Å². The van der Waals surface area contributed by atoms with Crippen LogP contribution in [0.4, 0.5) is 8.78 Å². The van der Waals surface area contributed by atoms with Crippen molar-refractivity contribution in [1.29, 1.82) is 0 Å². The molecule has 2 aromatic carbocycles. The summed E-state index contributed by atoms with van der Waals surface area (Å²) in [6.45, 7) is 1.75. The lowest BCUT2D eigenvalue weighted by Crippen LogP contribution is -2.23. The van der Waals surface area contributed by atoms with E-state index in [1.165, 1.54) is 12.1 Å². The molecule has 0 saturated carbocycles. The van der Waals surface area contributed by atoms with Crippen LogP contribution in [0, 0.1) is 24.5 Å². The van der Waals surface area contributed by atoms with Gasteiger partial charge in [-0.3, -0.25) is 9.59 Å². The van der Waals surface area contributed by atoms with Gasteiger partial charge in [0.1, 0.15) is 17.4 Å². The Morgan fingerprint density at radius 3 is 2.61 bits per heavy atom. The van der Waals surface area contributed by atoms with E-state index in [9.17, 15) is 18.4 Å². The molecule has 28 heavy (non-hydrogen) atoms. The summed E-state index contributed by atoms with van der Waals surface area (Å²) in [6.07, 6.45) is 0.187. The van der Waals surface area contributed by atoms with Crippen LogP contribution >= 0.6 is 11.3 Å². The van der Waals surface area contributed by atoms with Gasteiger partial charge in [-0.2, -0.15) is 0 Å². The van der Waals surface area contributed by atoms with Crippen molar-refractivity contribution in [1.82, 2.24) is 5.32 Å². The quantitative estimate of drug-likeness (QED) is 0.686. The fraction of sp³-hybridized carbons (Fsp3) is 0.273. The molecule has 2 atom stereocenters. The van der Waals surface area contributed by atoms with Crippen molar-refractivity contribution >= 4 is 33.1 Å².